The number of hydrogen-bond donors (Lipinski definition) is 1. The van der Waals surface area contributed by atoms with E-state index in [1.165, 1.54) is 11.8 Å². The van der Waals surface area contributed by atoms with Crippen molar-refractivity contribution in [2.24, 2.45) is 0 Å². The van der Waals surface area contributed by atoms with Crippen molar-refractivity contribution in [3.63, 3.8) is 0 Å². The Balaban J connectivity index is 1.81. The number of nitrogens with zero attached hydrogens (tertiary/aromatic N) is 2. The van der Waals surface area contributed by atoms with Gasteiger partial charge in [-0.1, -0.05) is 30.0 Å². The fraction of sp³-hybridized carbons (Fsp3) is 0.235. The van der Waals surface area contributed by atoms with E-state index in [1.807, 2.05) is 36.4 Å². The molecule has 0 saturated carbocycles. The average Bonchev–Trinajstić information content (AvgIpc) is 2.58. The minimum atomic E-state index is -1.18. The van der Waals surface area contributed by atoms with E-state index >= 15 is 0 Å². The van der Waals surface area contributed by atoms with Crippen molar-refractivity contribution in [1.29, 1.82) is 0 Å². The van der Waals surface area contributed by atoms with Gasteiger partial charge in [0.2, 0.25) is 5.91 Å². The normalized spacial score (nSPS) is 20.1. The Hall–Kier alpha value is -2.34. The third kappa shape index (κ3) is 2.82. The lowest BCUT2D eigenvalue weighted by atomic mass is 10.1. The number of thioether (sulfide) groups is 1. The summed E-state index contributed by atoms with van der Waals surface area (Å²) < 4.78 is -1.18. The van der Waals surface area contributed by atoms with Crippen LogP contribution in [0.25, 0.3) is 0 Å². The number of carbonyl (C=O) groups is 2. The van der Waals surface area contributed by atoms with Gasteiger partial charge in [0.05, 0.1) is 5.69 Å². The van der Waals surface area contributed by atoms with Crippen LogP contribution < -0.4 is 10.2 Å². The quantitative estimate of drug-likeness (QED) is 0.878. The van der Waals surface area contributed by atoms with E-state index in [0.29, 0.717) is 6.54 Å². The first-order valence-corrected chi connectivity index (χ1v) is 8.07. The summed E-state index contributed by atoms with van der Waals surface area (Å²) in [5, 5.41) is 2.84. The summed E-state index contributed by atoms with van der Waals surface area (Å²) in [5.74, 6) is -0.511. The maximum Gasteiger partial charge on any atom is 0.252 e. The average molecular weight is 327 g/mol. The van der Waals surface area contributed by atoms with Crippen LogP contribution in [-0.4, -0.2) is 28.6 Å². The summed E-state index contributed by atoms with van der Waals surface area (Å²) in [6, 6.07) is 11.3. The topological polar surface area (TPSA) is 62.3 Å². The van der Waals surface area contributed by atoms with E-state index in [9.17, 15) is 9.59 Å². The van der Waals surface area contributed by atoms with E-state index in [4.69, 9.17) is 0 Å². The van der Waals surface area contributed by atoms with Gasteiger partial charge in [-0.25, -0.2) is 0 Å². The number of para-hydroxylation sites is 1. The summed E-state index contributed by atoms with van der Waals surface area (Å²) in [6.45, 7) is 2.02. The zero-order valence-electron chi connectivity index (χ0n) is 12.9. The highest BCUT2D eigenvalue weighted by molar-refractivity contribution is 8.02. The van der Waals surface area contributed by atoms with Gasteiger partial charge in [-0.15, -0.1) is 0 Å². The summed E-state index contributed by atoms with van der Waals surface area (Å²) in [4.78, 5) is 31.8. The molecule has 1 N–H and O–H groups in total. The maximum absolute atomic E-state index is 12.7. The standard InChI is InChI=1S/C17H17N3O2S/c1-17(15(21)19-11-12-6-5-9-18-10-12)16(22)20(2)13-7-3-4-8-14(13)23-17/h3-10H,11H2,1-2H3,(H,19,21)/t17-/m1/s1. The number of fused-ring (bicyclic) bond motifs is 1. The minimum Gasteiger partial charge on any atom is -0.350 e. The van der Waals surface area contributed by atoms with Gasteiger partial charge in [-0.05, 0) is 30.7 Å². The van der Waals surface area contributed by atoms with E-state index < -0.39 is 4.75 Å². The van der Waals surface area contributed by atoms with E-state index in [0.717, 1.165) is 16.1 Å². The number of rotatable bonds is 3. The molecule has 118 valence electrons. The van der Waals surface area contributed by atoms with Crippen LogP contribution in [0.1, 0.15) is 12.5 Å². The summed E-state index contributed by atoms with van der Waals surface area (Å²) in [7, 11) is 1.70. The van der Waals surface area contributed by atoms with Crippen LogP contribution >= 0.6 is 11.8 Å². The second kappa shape index (κ2) is 6.04. The van der Waals surface area contributed by atoms with E-state index in [2.05, 4.69) is 10.3 Å². The van der Waals surface area contributed by atoms with Crippen LogP contribution in [-0.2, 0) is 16.1 Å². The molecule has 5 nitrogen and oxygen atoms in total. The van der Waals surface area contributed by atoms with Crippen LogP contribution in [0.15, 0.2) is 53.7 Å². The first-order chi connectivity index (χ1) is 11.0. The number of pyridine rings is 1. The molecule has 6 heteroatoms. The highest BCUT2D eigenvalue weighted by Gasteiger charge is 2.48. The lowest BCUT2D eigenvalue weighted by molar-refractivity contribution is -0.131. The molecule has 0 saturated heterocycles. The number of benzene rings is 1. The number of carbonyl (C=O) groups excluding carboxylic acids is 2. The largest absolute Gasteiger partial charge is 0.350 e. The molecule has 2 aromatic rings. The number of hydrogen-bond acceptors (Lipinski definition) is 4. The van der Waals surface area contributed by atoms with Crippen molar-refractivity contribution < 1.29 is 9.59 Å². The highest BCUT2D eigenvalue weighted by Crippen LogP contribution is 2.44. The molecule has 2 amide bonds. The first kappa shape index (κ1) is 15.6. The second-order valence-electron chi connectivity index (χ2n) is 5.51. The van der Waals surface area contributed by atoms with Gasteiger partial charge in [0, 0.05) is 30.9 Å². The van der Waals surface area contributed by atoms with Crippen molar-refractivity contribution in [2.75, 3.05) is 11.9 Å². The van der Waals surface area contributed by atoms with Gasteiger partial charge >= 0.3 is 0 Å². The van der Waals surface area contributed by atoms with Crippen LogP contribution in [0, 0.1) is 0 Å². The van der Waals surface area contributed by atoms with Crippen molar-refractivity contribution in [3.05, 3.63) is 54.4 Å². The van der Waals surface area contributed by atoms with E-state index in [1.54, 1.807) is 31.3 Å². The van der Waals surface area contributed by atoms with Gasteiger partial charge < -0.3 is 10.2 Å². The molecule has 0 aliphatic carbocycles. The van der Waals surface area contributed by atoms with Gasteiger partial charge in [0.25, 0.3) is 5.91 Å². The summed E-state index contributed by atoms with van der Waals surface area (Å²) in [5.41, 5.74) is 1.73. The van der Waals surface area contributed by atoms with Crippen LogP contribution in [0.5, 0.6) is 0 Å². The van der Waals surface area contributed by atoms with Crippen molar-refractivity contribution in [1.82, 2.24) is 10.3 Å². The zero-order chi connectivity index (χ0) is 16.4. The molecule has 0 spiro atoms. The Morgan fingerprint density at radius 1 is 1.30 bits per heavy atom. The van der Waals surface area contributed by atoms with Crippen molar-refractivity contribution >= 4 is 29.3 Å². The summed E-state index contributed by atoms with van der Waals surface area (Å²) in [6.07, 6.45) is 3.37. The lowest BCUT2D eigenvalue weighted by Crippen LogP contribution is -2.55. The molecule has 0 radical (unpaired) electrons. The predicted molar refractivity (Wildman–Crippen MR) is 90.2 cm³/mol. The fourth-order valence-electron chi connectivity index (χ4n) is 2.51. The van der Waals surface area contributed by atoms with E-state index in [-0.39, 0.29) is 11.8 Å². The lowest BCUT2D eigenvalue weighted by Gasteiger charge is -2.36. The molecule has 0 fully saturated rings. The van der Waals surface area contributed by atoms with Crippen LogP contribution in [0.4, 0.5) is 5.69 Å². The molecule has 23 heavy (non-hydrogen) atoms. The Bertz CT molecular complexity index is 751. The second-order valence-corrected chi connectivity index (χ2v) is 6.97. The molecule has 1 aromatic heterocycles. The Labute approximate surface area is 139 Å². The number of nitrogens with one attached hydrogen (secondary N) is 1. The van der Waals surface area contributed by atoms with Gasteiger partial charge in [0.15, 0.2) is 4.75 Å². The minimum absolute atomic E-state index is 0.218. The maximum atomic E-state index is 12.7. The fourth-order valence-corrected chi connectivity index (χ4v) is 3.80. The van der Waals surface area contributed by atoms with Crippen LogP contribution in [0.3, 0.4) is 0 Å². The molecule has 1 aromatic carbocycles. The highest BCUT2D eigenvalue weighted by atomic mass is 32.2. The van der Waals surface area contributed by atoms with Gasteiger partial charge in [0.1, 0.15) is 0 Å². The Morgan fingerprint density at radius 2 is 2.09 bits per heavy atom. The Morgan fingerprint density at radius 3 is 2.83 bits per heavy atom. The van der Waals surface area contributed by atoms with Gasteiger partial charge in [-0.3, -0.25) is 14.6 Å². The SMILES string of the molecule is CN1C(=O)[C@@](C)(C(=O)NCc2cccnc2)Sc2ccccc21. The number of amides is 2. The number of aromatic nitrogens is 1. The van der Waals surface area contributed by atoms with Gasteiger partial charge in [-0.2, -0.15) is 0 Å². The summed E-state index contributed by atoms with van der Waals surface area (Å²) >= 11 is 1.30. The zero-order valence-corrected chi connectivity index (χ0v) is 13.8. The molecule has 3 rings (SSSR count). The van der Waals surface area contributed by atoms with Crippen molar-refractivity contribution in [2.45, 2.75) is 23.1 Å². The smallest absolute Gasteiger partial charge is 0.252 e. The molecule has 2 heterocycles. The number of anilines is 1. The monoisotopic (exact) mass is 327 g/mol. The predicted octanol–water partition coefficient (Wildman–Crippen LogP) is 2.23. The molecule has 1 aliphatic rings. The molecule has 0 unspecified atom stereocenters. The molecular weight excluding hydrogens is 310 g/mol. The van der Waals surface area contributed by atoms with Crippen molar-refractivity contribution in [3.8, 4) is 0 Å². The molecule has 1 atom stereocenters. The molecule has 1 aliphatic heterocycles. The third-order valence-electron chi connectivity index (χ3n) is 3.86. The van der Waals surface area contributed by atoms with Crippen LogP contribution in [0.2, 0.25) is 0 Å². The molecule has 0 bridgehead atoms. The first-order valence-electron chi connectivity index (χ1n) is 7.26. The third-order valence-corrected chi connectivity index (χ3v) is 5.20. The Kier molecular flexibility index (Phi) is 4.09. The molecular formula is C17H17N3O2S.